The lowest BCUT2D eigenvalue weighted by atomic mass is 10.1. The zero-order valence-corrected chi connectivity index (χ0v) is 10.8. The normalized spacial score (nSPS) is 17.2. The molecule has 7 heteroatoms. The monoisotopic (exact) mass is 282 g/mol. The number of rotatable bonds is 2. The van der Waals surface area contributed by atoms with Crippen molar-refractivity contribution in [3.05, 3.63) is 29.6 Å². The molecule has 19 heavy (non-hydrogen) atoms. The fourth-order valence-corrected chi connectivity index (χ4v) is 3.59. The van der Waals surface area contributed by atoms with E-state index < -0.39 is 21.4 Å². The molecule has 5 nitrogen and oxygen atoms in total. The molecule has 1 heterocycles. The lowest BCUT2D eigenvalue weighted by Crippen LogP contribution is -2.40. The van der Waals surface area contributed by atoms with Crippen molar-refractivity contribution in [3.8, 4) is 6.07 Å². The number of halogens is 1. The number of nitrogens with zero attached hydrogens (tertiary/aromatic N) is 2. The predicted molar refractivity (Wildman–Crippen MR) is 64.1 cm³/mol. The molecular weight excluding hydrogens is 271 g/mol. The van der Waals surface area contributed by atoms with Crippen LogP contribution in [0.3, 0.4) is 0 Å². The van der Waals surface area contributed by atoms with Crippen LogP contribution in [0.2, 0.25) is 0 Å². The van der Waals surface area contributed by atoms with E-state index in [1.165, 1.54) is 12.1 Å². The van der Waals surface area contributed by atoms with E-state index in [1.807, 2.05) is 0 Å². The molecule has 0 aromatic heterocycles. The van der Waals surface area contributed by atoms with Gasteiger partial charge < -0.3 is 0 Å². The molecule has 1 aromatic carbocycles. The number of carbonyl (C=O) groups is 1. The number of sulfonamides is 1. The summed E-state index contributed by atoms with van der Waals surface area (Å²) in [7, 11) is -4.01. The zero-order chi connectivity index (χ0) is 14.0. The lowest BCUT2D eigenvalue weighted by molar-refractivity contribution is -0.120. The summed E-state index contributed by atoms with van der Waals surface area (Å²) < 4.78 is 39.1. The van der Waals surface area contributed by atoms with Gasteiger partial charge in [0.15, 0.2) is 0 Å². The number of piperidine rings is 1. The van der Waals surface area contributed by atoms with Crippen LogP contribution < -0.4 is 0 Å². The third-order valence-corrected chi connectivity index (χ3v) is 4.81. The number of carbonyl (C=O) groups excluding carboxylic acids is 1. The van der Waals surface area contributed by atoms with E-state index in [0.29, 0.717) is 12.8 Å². The van der Waals surface area contributed by atoms with Crippen LogP contribution in [0, 0.1) is 17.1 Å². The molecule has 1 saturated heterocycles. The van der Waals surface area contributed by atoms with E-state index in [9.17, 15) is 17.6 Å². The highest BCUT2D eigenvalue weighted by Gasteiger charge is 2.31. The summed E-state index contributed by atoms with van der Waals surface area (Å²) in [6.45, 7) is -0.0147. The van der Waals surface area contributed by atoms with Crippen molar-refractivity contribution >= 4 is 15.8 Å². The van der Waals surface area contributed by atoms with Crippen molar-refractivity contribution in [2.75, 3.05) is 13.1 Å². The summed E-state index contributed by atoms with van der Waals surface area (Å²) in [6, 6.07) is 4.99. The Morgan fingerprint density at radius 1 is 1.37 bits per heavy atom. The average molecular weight is 282 g/mol. The molecule has 1 aliphatic heterocycles. The summed E-state index contributed by atoms with van der Waals surface area (Å²) >= 11 is 0. The van der Waals surface area contributed by atoms with Crippen LogP contribution in [0.5, 0.6) is 0 Å². The lowest BCUT2D eigenvalue weighted by Gasteiger charge is -2.25. The minimum absolute atomic E-state index is 0.176. The standard InChI is InChI=1S/C12H11FN2O3S/c13-11-4-1-5-12(10(11)7-14)19(17,18)15-6-2-3-9(16)8-15/h1,4-5H,2-3,6,8H2. The van der Waals surface area contributed by atoms with Gasteiger partial charge >= 0.3 is 0 Å². The van der Waals surface area contributed by atoms with Gasteiger partial charge in [-0.1, -0.05) is 6.07 Å². The third-order valence-electron chi connectivity index (χ3n) is 2.92. The molecule has 2 rings (SSSR count). The fraction of sp³-hybridized carbons (Fsp3) is 0.333. The van der Waals surface area contributed by atoms with Crippen molar-refractivity contribution in [2.45, 2.75) is 17.7 Å². The summed E-state index contributed by atoms with van der Waals surface area (Å²) in [4.78, 5) is 10.9. The Morgan fingerprint density at radius 3 is 2.74 bits per heavy atom. The molecule has 1 aromatic rings. The Bertz CT molecular complexity index is 664. The Morgan fingerprint density at radius 2 is 2.11 bits per heavy atom. The number of ketones is 1. The molecule has 0 spiro atoms. The van der Waals surface area contributed by atoms with Crippen LogP contribution in [0.4, 0.5) is 4.39 Å². The van der Waals surface area contributed by atoms with E-state index in [1.54, 1.807) is 6.07 Å². The van der Waals surface area contributed by atoms with Crippen LogP contribution in [0.25, 0.3) is 0 Å². The molecule has 0 N–H and O–H groups in total. The van der Waals surface area contributed by atoms with Gasteiger partial charge in [0.05, 0.1) is 6.54 Å². The van der Waals surface area contributed by atoms with E-state index in [-0.39, 0.29) is 23.8 Å². The van der Waals surface area contributed by atoms with E-state index >= 15 is 0 Å². The molecule has 0 radical (unpaired) electrons. The van der Waals surface area contributed by atoms with E-state index in [4.69, 9.17) is 5.26 Å². The predicted octanol–water partition coefficient (Wildman–Crippen LogP) is 1.05. The highest BCUT2D eigenvalue weighted by molar-refractivity contribution is 7.89. The molecule has 0 amide bonds. The van der Waals surface area contributed by atoms with Gasteiger partial charge in [-0.25, -0.2) is 12.8 Å². The van der Waals surface area contributed by atoms with Crippen molar-refractivity contribution in [1.29, 1.82) is 5.26 Å². The number of benzene rings is 1. The van der Waals surface area contributed by atoms with Gasteiger partial charge in [-0.3, -0.25) is 4.79 Å². The van der Waals surface area contributed by atoms with Crippen LogP contribution in [0.1, 0.15) is 18.4 Å². The zero-order valence-electron chi connectivity index (χ0n) is 9.97. The third kappa shape index (κ3) is 2.50. The minimum Gasteiger partial charge on any atom is -0.298 e. The Hall–Kier alpha value is -1.78. The van der Waals surface area contributed by atoms with Gasteiger partial charge in [-0.2, -0.15) is 9.57 Å². The molecule has 0 saturated carbocycles. The fourth-order valence-electron chi connectivity index (χ4n) is 1.98. The average Bonchev–Trinajstić information content (AvgIpc) is 2.38. The van der Waals surface area contributed by atoms with Crippen molar-refractivity contribution in [1.82, 2.24) is 4.31 Å². The molecule has 0 aliphatic carbocycles. The summed E-state index contributed by atoms with van der Waals surface area (Å²) in [5, 5.41) is 8.87. The summed E-state index contributed by atoms with van der Waals surface area (Å²) in [5.41, 5.74) is -0.513. The van der Waals surface area contributed by atoms with Crippen LogP contribution in [0.15, 0.2) is 23.1 Å². The molecular formula is C12H11FN2O3S. The number of hydrogen-bond acceptors (Lipinski definition) is 4. The number of nitriles is 1. The van der Waals surface area contributed by atoms with Crippen LogP contribution in [-0.2, 0) is 14.8 Å². The molecule has 1 aliphatic rings. The highest BCUT2D eigenvalue weighted by Crippen LogP contribution is 2.23. The van der Waals surface area contributed by atoms with Crippen molar-refractivity contribution in [3.63, 3.8) is 0 Å². The van der Waals surface area contributed by atoms with Gasteiger partial charge in [-0.15, -0.1) is 0 Å². The second-order valence-corrected chi connectivity index (χ2v) is 6.11. The quantitative estimate of drug-likeness (QED) is 0.812. The highest BCUT2D eigenvalue weighted by atomic mass is 32.2. The second-order valence-electron chi connectivity index (χ2n) is 4.21. The Balaban J connectivity index is 2.49. The van der Waals surface area contributed by atoms with E-state index in [2.05, 4.69) is 0 Å². The van der Waals surface area contributed by atoms with Gasteiger partial charge in [0, 0.05) is 13.0 Å². The first-order valence-corrected chi connectivity index (χ1v) is 7.11. The summed E-state index contributed by atoms with van der Waals surface area (Å²) in [6.07, 6.45) is 0.787. The first kappa shape index (κ1) is 13.6. The van der Waals surface area contributed by atoms with E-state index in [0.717, 1.165) is 10.4 Å². The molecule has 0 atom stereocenters. The largest absolute Gasteiger partial charge is 0.298 e. The van der Waals surface area contributed by atoms with Gasteiger partial charge in [0.1, 0.15) is 28.1 Å². The SMILES string of the molecule is N#Cc1c(F)cccc1S(=O)(=O)N1CCCC(=O)C1. The first-order valence-electron chi connectivity index (χ1n) is 5.67. The molecule has 0 bridgehead atoms. The second kappa shape index (κ2) is 5.07. The van der Waals surface area contributed by atoms with Crippen molar-refractivity contribution < 1.29 is 17.6 Å². The molecule has 1 fully saturated rings. The maximum Gasteiger partial charge on any atom is 0.244 e. The minimum atomic E-state index is -4.01. The Kier molecular flexibility index (Phi) is 3.64. The van der Waals surface area contributed by atoms with Crippen LogP contribution >= 0.6 is 0 Å². The van der Waals surface area contributed by atoms with Crippen molar-refractivity contribution in [2.24, 2.45) is 0 Å². The maximum absolute atomic E-state index is 13.5. The number of Topliss-reactive ketones (excluding diaryl/α,β-unsaturated/α-hetero) is 1. The Labute approximate surface area is 110 Å². The van der Waals surface area contributed by atoms with Crippen LogP contribution in [-0.4, -0.2) is 31.6 Å². The number of hydrogen-bond donors (Lipinski definition) is 0. The smallest absolute Gasteiger partial charge is 0.244 e. The molecule has 100 valence electrons. The maximum atomic E-state index is 13.5. The van der Waals surface area contributed by atoms with Gasteiger partial charge in [-0.05, 0) is 18.6 Å². The topological polar surface area (TPSA) is 78.2 Å². The van der Waals surface area contributed by atoms with Gasteiger partial charge in [0.2, 0.25) is 10.0 Å². The molecule has 0 unspecified atom stereocenters. The van der Waals surface area contributed by atoms with Gasteiger partial charge in [0.25, 0.3) is 0 Å². The summed E-state index contributed by atoms with van der Waals surface area (Å²) in [5.74, 6) is -1.06. The first-order chi connectivity index (χ1) is 8.96.